The average molecular weight is 301 g/mol. The zero-order valence-corrected chi connectivity index (χ0v) is 13.0. The van der Waals surface area contributed by atoms with Crippen molar-refractivity contribution in [1.29, 1.82) is 0 Å². The molecule has 0 aliphatic carbocycles. The number of rotatable bonds is 4. The standard InChI is InChI=1S/C17H23N3O2/c1-13-6-8-19(9-7-13)10-14(21)11-20-12-18-16-5-3-2-4-15(16)17(20)22/h2-5,12-14,21H,6-11H2,1H3. The summed E-state index contributed by atoms with van der Waals surface area (Å²) in [5, 5.41) is 10.9. The van der Waals surface area contributed by atoms with Crippen molar-refractivity contribution in [2.45, 2.75) is 32.4 Å². The Hall–Kier alpha value is -1.72. The van der Waals surface area contributed by atoms with Crippen molar-refractivity contribution in [3.63, 3.8) is 0 Å². The van der Waals surface area contributed by atoms with Gasteiger partial charge in [0.25, 0.3) is 5.56 Å². The number of fused-ring (bicyclic) bond motifs is 1. The summed E-state index contributed by atoms with van der Waals surface area (Å²) in [6.07, 6.45) is 3.36. The van der Waals surface area contributed by atoms with Gasteiger partial charge in [-0.25, -0.2) is 4.98 Å². The Balaban J connectivity index is 1.67. The molecular weight excluding hydrogens is 278 g/mol. The summed E-state index contributed by atoms with van der Waals surface area (Å²) in [5.74, 6) is 0.778. The summed E-state index contributed by atoms with van der Waals surface area (Å²) in [7, 11) is 0. The number of para-hydroxylation sites is 1. The lowest BCUT2D eigenvalue weighted by molar-refractivity contribution is 0.0794. The molecule has 1 aromatic heterocycles. The van der Waals surface area contributed by atoms with E-state index in [2.05, 4.69) is 16.8 Å². The first-order valence-electron chi connectivity index (χ1n) is 7.98. The van der Waals surface area contributed by atoms with Gasteiger partial charge in [0, 0.05) is 6.54 Å². The molecule has 5 heteroatoms. The van der Waals surface area contributed by atoms with Gasteiger partial charge < -0.3 is 10.0 Å². The van der Waals surface area contributed by atoms with E-state index in [0.717, 1.165) is 19.0 Å². The Morgan fingerprint density at radius 3 is 2.77 bits per heavy atom. The average Bonchev–Trinajstić information content (AvgIpc) is 2.53. The summed E-state index contributed by atoms with van der Waals surface area (Å²) in [6, 6.07) is 7.30. The molecule has 1 saturated heterocycles. The van der Waals surface area contributed by atoms with E-state index in [9.17, 15) is 9.90 Å². The molecule has 2 aromatic rings. The summed E-state index contributed by atoms with van der Waals surface area (Å²) >= 11 is 0. The van der Waals surface area contributed by atoms with E-state index in [4.69, 9.17) is 0 Å². The predicted octanol–water partition coefficient (Wildman–Crippen LogP) is 1.49. The van der Waals surface area contributed by atoms with Gasteiger partial charge in [-0.05, 0) is 44.0 Å². The minimum absolute atomic E-state index is 0.0862. The molecule has 0 radical (unpaired) electrons. The van der Waals surface area contributed by atoms with Gasteiger partial charge >= 0.3 is 0 Å². The minimum Gasteiger partial charge on any atom is -0.390 e. The second-order valence-corrected chi connectivity index (χ2v) is 6.36. The van der Waals surface area contributed by atoms with E-state index in [1.54, 1.807) is 6.07 Å². The Kier molecular flexibility index (Phi) is 4.55. The number of aliphatic hydroxyl groups excluding tert-OH is 1. The van der Waals surface area contributed by atoms with E-state index >= 15 is 0 Å². The summed E-state index contributed by atoms with van der Waals surface area (Å²) in [4.78, 5) is 19.0. The molecule has 0 spiro atoms. The number of benzene rings is 1. The molecule has 2 heterocycles. The van der Waals surface area contributed by atoms with Gasteiger partial charge in [-0.2, -0.15) is 0 Å². The zero-order chi connectivity index (χ0) is 15.5. The Labute approximate surface area is 130 Å². The minimum atomic E-state index is -0.547. The number of nitrogens with zero attached hydrogens (tertiary/aromatic N) is 3. The third-order valence-corrected chi connectivity index (χ3v) is 4.48. The number of aliphatic hydroxyl groups is 1. The van der Waals surface area contributed by atoms with Crippen molar-refractivity contribution in [3.05, 3.63) is 40.9 Å². The molecular formula is C17H23N3O2. The van der Waals surface area contributed by atoms with Crippen molar-refractivity contribution in [2.75, 3.05) is 19.6 Å². The topological polar surface area (TPSA) is 58.4 Å². The molecule has 1 N–H and O–H groups in total. The van der Waals surface area contributed by atoms with Crippen LogP contribution in [-0.4, -0.2) is 45.3 Å². The van der Waals surface area contributed by atoms with Gasteiger partial charge in [0.1, 0.15) is 0 Å². The Morgan fingerprint density at radius 2 is 2.00 bits per heavy atom. The second-order valence-electron chi connectivity index (χ2n) is 6.36. The predicted molar refractivity (Wildman–Crippen MR) is 86.8 cm³/mol. The molecule has 3 rings (SSSR count). The molecule has 0 amide bonds. The van der Waals surface area contributed by atoms with Crippen LogP contribution < -0.4 is 5.56 Å². The fourth-order valence-corrected chi connectivity index (χ4v) is 3.06. The number of likely N-dealkylation sites (tertiary alicyclic amines) is 1. The molecule has 118 valence electrons. The highest BCUT2D eigenvalue weighted by atomic mass is 16.3. The van der Waals surface area contributed by atoms with E-state index in [1.165, 1.54) is 23.7 Å². The Morgan fingerprint density at radius 1 is 1.27 bits per heavy atom. The highest BCUT2D eigenvalue weighted by Crippen LogP contribution is 2.16. The number of β-amino-alcohol motifs (C(OH)–C–C–N with tert-alkyl or cyclic N) is 1. The molecule has 1 fully saturated rings. The molecule has 1 aromatic carbocycles. The van der Waals surface area contributed by atoms with Gasteiger partial charge in [0.15, 0.2) is 0 Å². The van der Waals surface area contributed by atoms with Crippen LogP contribution in [0.25, 0.3) is 10.9 Å². The second kappa shape index (κ2) is 6.58. The van der Waals surface area contributed by atoms with E-state index in [1.807, 2.05) is 18.2 Å². The molecule has 1 aliphatic rings. The van der Waals surface area contributed by atoms with Crippen LogP contribution >= 0.6 is 0 Å². The fraction of sp³-hybridized carbons (Fsp3) is 0.529. The first kappa shape index (κ1) is 15.2. The quantitative estimate of drug-likeness (QED) is 0.929. The van der Waals surface area contributed by atoms with Crippen molar-refractivity contribution in [3.8, 4) is 0 Å². The van der Waals surface area contributed by atoms with Crippen LogP contribution in [0.15, 0.2) is 35.4 Å². The highest BCUT2D eigenvalue weighted by molar-refractivity contribution is 5.76. The maximum Gasteiger partial charge on any atom is 0.261 e. The summed E-state index contributed by atoms with van der Waals surface area (Å²) in [5.41, 5.74) is 0.611. The number of hydrogen-bond donors (Lipinski definition) is 1. The highest BCUT2D eigenvalue weighted by Gasteiger charge is 2.19. The van der Waals surface area contributed by atoms with Crippen LogP contribution in [0.5, 0.6) is 0 Å². The molecule has 0 saturated carbocycles. The van der Waals surface area contributed by atoms with Crippen LogP contribution in [-0.2, 0) is 6.54 Å². The van der Waals surface area contributed by atoms with E-state index in [0.29, 0.717) is 24.0 Å². The summed E-state index contributed by atoms with van der Waals surface area (Å²) in [6.45, 7) is 5.25. The molecule has 1 unspecified atom stereocenters. The van der Waals surface area contributed by atoms with Crippen LogP contribution in [0.1, 0.15) is 19.8 Å². The lowest BCUT2D eigenvalue weighted by Crippen LogP contribution is -2.40. The first-order valence-corrected chi connectivity index (χ1v) is 7.98. The van der Waals surface area contributed by atoms with Crippen LogP contribution in [0.2, 0.25) is 0 Å². The smallest absolute Gasteiger partial charge is 0.261 e. The molecule has 22 heavy (non-hydrogen) atoms. The largest absolute Gasteiger partial charge is 0.390 e. The van der Waals surface area contributed by atoms with Crippen molar-refractivity contribution >= 4 is 10.9 Å². The lowest BCUT2D eigenvalue weighted by atomic mass is 9.99. The first-order chi connectivity index (χ1) is 10.6. The maximum absolute atomic E-state index is 12.4. The number of hydrogen-bond acceptors (Lipinski definition) is 4. The van der Waals surface area contributed by atoms with Crippen LogP contribution in [0.3, 0.4) is 0 Å². The van der Waals surface area contributed by atoms with Gasteiger partial charge in [0.2, 0.25) is 0 Å². The third-order valence-electron chi connectivity index (χ3n) is 4.48. The van der Waals surface area contributed by atoms with Crippen molar-refractivity contribution in [1.82, 2.24) is 14.5 Å². The number of piperidine rings is 1. The molecule has 5 nitrogen and oxygen atoms in total. The zero-order valence-electron chi connectivity index (χ0n) is 13.0. The van der Waals surface area contributed by atoms with Gasteiger partial charge in [0.05, 0.1) is 29.9 Å². The van der Waals surface area contributed by atoms with Crippen molar-refractivity contribution in [2.24, 2.45) is 5.92 Å². The van der Waals surface area contributed by atoms with Gasteiger partial charge in [-0.1, -0.05) is 19.1 Å². The molecule has 1 aliphatic heterocycles. The fourth-order valence-electron chi connectivity index (χ4n) is 3.06. The van der Waals surface area contributed by atoms with Gasteiger partial charge in [-0.3, -0.25) is 9.36 Å². The van der Waals surface area contributed by atoms with Crippen molar-refractivity contribution < 1.29 is 5.11 Å². The SMILES string of the molecule is CC1CCN(CC(O)Cn2cnc3ccccc3c2=O)CC1. The van der Waals surface area contributed by atoms with Crippen LogP contribution in [0, 0.1) is 5.92 Å². The molecule has 0 bridgehead atoms. The normalized spacial score (nSPS) is 18.6. The maximum atomic E-state index is 12.4. The van der Waals surface area contributed by atoms with Crippen LogP contribution in [0.4, 0.5) is 0 Å². The van der Waals surface area contributed by atoms with Gasteiger partial charge in [-0.15, -0.1) is 0 Å². The van der Waals surface area contributed by atoms with E-state index in [-0.39, 0.29) is 5.56 Å². The lowest BCUT2D eigenvalue weighted by Gasteiger charge is -2.31. The Bertz CT molecular complexity index is 690. The number of aromatic nitrogens is 2. The van der Waals surface area contributed by atoms with E-state index < -0.39 is 6.10 Å². The summed E-state index contributed by atoms with van der Waals surface area (Å²) < 4.78 is 1.51. The third kappa shape index (κ3) is 3.36. The monoisotopic (exact) mass is 301 g/mol. The molecule has 1 atom stereocenters.